The summed E-state index contributed by atoms with van der Waals surface area (Å²) in [7, 11) is 6.45. The number of H-pyrrole nitrogens is 2. The fraction of sp³-hybridized carbons (Fsp3) is 0.135. The minimum absolute atomic E-state index is 0. The number of methoxy groups -OCH3 is 4. The Labute approximate surface area is 317 Å². The first kappa shape index (κ1) is 34.5. The van der Waals surface area contributed by atoms with Crippen LogP contribution in [0.3, 0.4) is 0 Å². The molecule has 0 fully saturated rings. The van der Waals surface area contributed by atoms with Crippen LogP contribution in [0, 0.1) is 3.57 Å². The third-order valence-electron chi connectivity index (χ3n) is 7.84. The number of carbonyl (C=O) groups is 2. The molecule has 0 unspecified atom stereocenters. The molecular formula is C37H36BIN4O9. The molecule has 0 amide bonds. The number of ether oxygens (including phenoxy) is 4. The molecule has 0 aliphatic rings. The summed E-state index contributed by atoms with van der Waals surface area (Å²) in [6, 6.07) is 18.5. The van der Waals surface area contributed by atoms with Crippen molar-refractivity contribution in [3.63, 3.8) is 0 Å². The number of nitrogens with one attached hydrogen (secondary N) is 2. The van der Waals surface area contributed by atoms with Crippen LogP contribution in [0.1, 0.15) is 34.3 Å². The number of pyridine rings is 2. The van der Waals surface area contributed by atoms with Crippen LogP contribution in [0.4, 0.5) is 0 Å². The van der Waals surface area contributed by atoms with Crippen molar-refractivity contribution in [1.29, 1.82) is 0 Å². The number of hydrogen-bond acceptors (Lipinski definition) is 11. The molecule has 2 N–H and O–H groups in total. The van der Waals surface area contributed by atoms with Crippen molar-refractivity contribution in [3.8, 4) is 22.9 Å². The molecule has 0 aliphatic heterocycles. The number of nitrogens with zero attached hydrogens (tertiary/aromatic N) is 2. The number of carbonyl (C=O) groups excluding carboxylic acids is 2. The minimum Gasteiger partial charge on any atom is 0 e. The van der Waals surface area contributed by atoms with Gasteiger partial charge in [0.05, 0.1) is 59.2 Å². The standard InChI is InChI=1S/C18H14N2O4.C12H8INO3.C6H6BNO2.CH4.2H2/c1-22-17-11(4-3-8-19-17)13-14-12(20-15(13)18(21)23-2)6-5-10-7-9-24-16(10)14;1-16-12(15)10-9(13)8-7(14-10)3-2-6-4-5-17-11(6)8;1-10-6-5(7-9)3-2-4-8-6;;;/h3-9,20H,1-2H3;2-5,14H,1H3;2-4H,1H3;1H4;2*1H/i;;;;2*1+1D. The van der Waals surface area contributed by atoms with Crippen molar-refractivity contribution in [2.24, 2.45) is 0 Å². The number of halogens is 1. The zero-order valence-corrected chi connectivity index (χ0v) is 29.8. The van der Waals surface area contributed by atoms with E-state index < -0.39 is 5.97 Å². The number of hydrogen-bond donors (Lipinski definition) is 2. The monoisotopic (exact) mass is 822 g/mol. The number of aromatic nitrogens is 4. The van der Waals surface area contributed by atoms with E-state index in [1.165, 1.54) is 21.3 Å². The maximum absolute atomic E-state index is 12.3. The smallest absolute Gasteiger partial charge is 0 e. The van der Waals surface area contributed by atoms with Gasteiger partial charge in [-0.15, -0.1) is 0 Å². The van der Waals surface area contributed by atoms with Crippen molar-refractivity contribution in [2.75, 3.05) is 28.4 Å². The molecular weight excluding hydrogens is 782 g/mol. The molecule has 6 aromatic heterocycles. The molecule has 8 rings (SSSR count). The van der Waals surface area contributed by atoms with Gasteiger partial charge < -0.3 is 33.0 Å². The Hall–Kier alpha value is -5.97. The fourth-order valence-corrected chi connectivity index (χ4v) is 6.44. The maximum atomic E-state index is 12.3. The first-order valence-corrected chi connectivity index (χ1v) is 16.2. The van der Waals surface area contributed by atoms with E-state index in [-0.39, 0.29) is 13.4 Å². The largest absolute Gasteiger partial charge is 0 e. The van der Waals surface area contributed by atoms with Gasteiger partial charge in [-0.2, -0.15) is 0 Å². The average Bonchev–Trinajstić information content (AvgIpc) is 4.07. The summed E-state index contributed by atoms with van der Waals surface area (Å²) in [5, 5.41) is 3.69. The molecule has 2 aromatic carbocycles. The van der Waals surface area contributed by atoms with E-state index in [0.29, 0.717) is 52.5 Å². The SMILES string of the molecule is C.COC(=O)c1[nH]c2ccc3ccoc3c2c1-c1cccnc1OC.COC(=O)c1[nH]c2ccc3ccoc3c2c1I.COc1ncccc1B=O.[2H][2H].[2H][2H]. The third-order valence-corrected chi connectivity index (χ3v) is 8.91. The molecule has 52 heavy (non-hydrogen) atoms. The van der Waals surface area contributed by atoms with E-state index in [9.17, 15) is 14.3 Å². The van der Waals surface area contributed by atoms with E-state index in [2.05, 4.69) is 42.5 Å². The van der Waals surface area contributed by atoms with Crippen molar-refractivity contribution < 1.29 is 48.0 Å². The van der Waals surface area contributed by atoms with Crippen molar-refractivity contribution in [1.82, 2.24) is 19.9 Å². The predicted octanol–water partition coefficient (Wildman–Crippen LogP) is 7.97. The Morgan fingerprint density at radius 2 is 1.29 bits per heavy atom. The molecule has 0 spiro atoms. The molecule has 0 bridgehead atoms. The van der Waals surface area contributed by atoms with Crippen LogP contribution in [-0.2, 0) is 14.2 Å². The molecule has 13 nitrogen and oxygen atoms in total. The van der Waals surface area contributed by atoms with E-state index in [0.717, 1.165) is 41.7 Å². The maximum Gasteiger partial charge on any atom is 0 e. The van der Waals surface area contributed by atoms with E-state index in [4.69, 9.17) is 33.7 Å². The number of aromatic amines is 2. The molecule has 15 heteroatoms. The summed E-state index contributed by atoms with van der Waals surface area (Å²) >= 11 is 2.13. The second kappa shape index (κ2) is 16.4. The third kappa shape index (κ3) is 6.99. The molecule has 0 saturated heterocycles. The van der Waals surface area contributed by atoms with E-state index in [1.807, 2.05) is 42.5 Å². The Morgan fingerprint density at radius 3 is 1.87 bits per heavy atom. The molecule has 6 heterocycles. The predicted molar refractivity (Wildman–Crippen MR) is 209 cm³/mol. The van der Waals surface area contributed by atoms with Crippen LogP contribution in [-0.4, -0.2) is 67.5 Å². The molecule has 0 saturated carbocycles. The molecule has 268 valence electrons. The van der Waals surface area contributed by atoms with Crippen molar-refractivity contribution in [2.45, 2.75) is 7.43 Å². The number of esters is 2. The van der Waals surface area contributed by atoms with Crippen LogP contribution < -0.4 is 14.9 Å². The second-order valence-electron chi connectivity index (χ2n) is 10.6. The minimum atomic E-state index is -0.466. The molecule has 0 radical (unpaired) electrons. The topological polar surface area (TPSA) is 172 Å². The van der Waals surface area contributed by atoms with Gasteiger partial charge in [-0.1, -0.05) is 7.43 Å². The van der Waals surface area contributed by atoms with Gasteiger partial charge in [0.2, 0.25) is 5.88 Å². The zero-order valence-electron chi connectivity index (χ0n) is 31.6. The number of fused-ring (bicyclic) bond motifs is 6. The Bertz CT molecular complexity index is 2560. The van der Waals surface area contributed by atoms with Crippen LogP contribution in [0.25, 0.3) is 54.9 Å². The van der Waals surface area contributed by atoms with Gasteiger partial charge >= 0.3 is 70.3 Å². The van der Waals surface area contributed by atoms with Crippen molar-refractivity contribution in [3.05, 3.63) is 101 Å². The Balaban J connectivity index is 0.000000230. The molecule has 8 aromatic rings. The van der Waals surface area contributed by atoms with Crippen LogP contribution in [0.5, 0.6) is 11.8 Å². The molecule has 0 aliphatic carbocycles. The fourth-order valence-electron chi connectivity index (χ4n) is 5.55. The summed E-state index contributed by atoms with van der Waals surface area (Å²) < 4.78 is 62.0. The quantitative estimate of drug-likeness (QED) is 0.0947. The normalized spacial score (nSPS) is 10.7. The van der Waals surface area contributed by atoms with Gasteiger partial charge in [-0.05, 0) is 71.1 Å². The second-order valence-corrected chi connectivity index (χ2v) is 11.7. The average molecular weight is 822 g/mol. The first-order chi connectivity index (χ1) is 26.8. The zero-order chi connectivity index (χ0) is 40.1. The van der Waals surface area contributed by atoms with Gasteiger partial charge in [0.15, 0.2) is 0 Å². The molecule has 0 atom stereocenters. The summed E-state index contributed by atoms with van der Waals surface area (Å²) in [5.74, 6) is -0.0401. The van der Waals surface area contributed by atoms with Gasteiger partial charge in [0.1, 0.15) is 22.6 Å². The van der Waals surface area contributed by atoms with Crippen LogP contribution in [0.15, 0.2) is 94.4 Å². The first-order valence-electron chi connectivity index (χ1n) is 17.1. The van der Waals surface area contributed by atoms with E-state index >= 15 is 0 Å². The van der Waals surface area contributed by atoms with E-state index in [1.54, 1.807) is 50.2 Å². The van der Waals surface area contributed by atoms with Gasteiger partial charge in [0.25, 0.3) is 0 Å². The summed E-state index contributed by atoms with van der Waals surface area (Å²) in [5.41, 5.74) is 5.76. The Morgan fingerprint density at radius 1 is 0.750 bits per heavy atom. The van der Waals surface area contributed by atoms with Crippen LogP contribution in [0.2, 0.25) is 0 Å². The number of furan rings is 2. The van der Waals surface area contributed by atoms with Gasteiger partial charge in [-0.3, -0.25) is 0 Å². The summed E-state index contributed by atoms with van der Waals surface area (Å²) in [6.45, 7) is 0. The summed E-state index contributed by atoms with van der Waals surface area (Å²) in [6.07, 6.45) is 6.48. The number of rotatable bonds is 6. The van der Waals surface area contributed by atoms with Crippen molar-refractivity contribution >= 4 is 90.9 Å². The Kier molecular flexibility index (Phi) is 10.9. The van der Waals surface area contributed by atoms with Crippen LogP contribution >= 0.6 is 22.6 Å². The summed E-state index contributed by atoms with van der Waals surface area (Å²) in [4.78, 5) is 38.1. The number of benzene rings is 2. The van der Waals surface area contributed by atoms with Gasteiger partial charge in [0, 0.05) is 34.0 Å². The van der Waals surface area contributed by atoms with Gasteiger partial charge in [-0.25, -0.2) is 14.6 Å².